The number of hydrogen-bond acceptors (Lipinski definition) is 5. The highest BCUT2D eigenvalue weighted by Gasteiger charge is 2.10. The summed E-state index contributed by atoms with van der Waals surface area (Å²) in [4.78, 5) is 9.25. The zero-order chi connectivity index (χ0) is 16.2. The van der Waals surface area contributed by atoms with E-state index in [1.54, 1.807) is 25.6 Å². The minimum atomic E-state index is 0.708. The van der Waals surface area contributed by atoms with E-state index in [1.807, 2.05) is 43.3 Å². The van der Waals surface area contributed by atoms with E-state index in [2.05, 4.69) is 10.4 Å². The molecule has 0 atom stereocenters. The molecular formula is C18H18N2O2S. The largest absolute Gasteiger partial charge is 0.493 e. The van der Waals surface area contributed by atoms with Gasteiger partial charge in [-0.25, -0.2) is 4.98 Å². The Morgan fingerprint density at radius 1 is 1.00 bits per heavy atom. The van der Waals surface area contributed by atoms with Crippen molar-refractivity contribution in [1.82, 2.24) is 9.97 Å². The van der Waals surface area contributed by atoms with Crippen molar-refractivity contribution in [2.75, 3.05) is 14.2 Å². The van der Waals surface area contributed by atoms with Gasteiger partial charge in [0.05, 0.1) is 24.9 Å². The average molecular weight is 326 g/mol. The summed E-state index contributed by atoms with van der Waals surface area (Å²) in [5.41, 5.74) is 4.03. The zero-order valence-electron chi connectivity index (χ0n) is 13.4. The first-order valence-electron chi connectivity index (χ1n) is 7.29. The van der Waals surface area contributed by atoms with E-state index in [-0.39, 0.29) is 0 Å². The molecule has 0 radical (unpaired) electrons. The van der Waals surface area contributed by atoms with Crippen LogP contribution < -0.4 is 9.47 Å². The lowest BCUT2D eigenvalue weighted by Gasteiger charge is -2.08. The maximum atomic E-state index is 5.35. The Bertz CT molecular complexity index is 814. The molecule has 0 aliphatic carbocycles. The number of ether oxygens (including phenoxy) is 2. The predicted molar refractivity (Wildman–Crippen MR) is 92.4 cm³/mol. The molecule has 118 valence electrons. The zero-order valence-corrected chi connectivity index (χ0v) is 14.2. The summed E-state index contributed by atoms with van der Waals surface area (Å²) < 4.78 is 10.6. The second-order valence-electron chi connectivity index (χ2n) is 5.14. The molecule has 0 aliphatic rings. The molecule has 23 heavy (non-hydrogen) atoms. The number of hydrogen-bond donors (Lipinski definition) is 0. The van der Waals surface area contributed by atoms with Crippen LogP contribution in [-0.2, 0) is 6.42 Å². The van der Waals surface area contributed by atoms with Crippen LogP contribution in [0.4, 0.5) is 0 Å². The summed E-state index contributed by atoms with van der Waals surface area (Å²) in [5.74, 6) is 1.43. The van der Waals surface area contributed by atoms with Gasteiger partial charge in [-0.1, -0.05) is 6.07 Å². The van der Waals surface area contributed by atoms with Crippen LogP contribution in [-0.4, -0.2) is 24.2 Å². The van der Waals surface area contributed by atoms with Crippen molar-refractivity contribution >= 4 is 11.3 Å². The van der Waals surface area contributed by atoms with Gasteiger partial charge in [-0.05, 0) is 37.3 Å². The molecule has 2 heterocycles. The molecule has 0 amide bonds. The van der Waals surface area contributed by atoms with Gasteiger partial charge in [0.15, 0.2) is 11.5 Å². The Morgan fingerprint density at radius 2 is 1.83 bits per heavy atom. The lowest BCUT2D eigenvalue weighted by molar-refractivity contribution is 0.355. The van der Waals surface area contributed by atoms with Crippen LogP contribution in [0.1, 0.15) is 16.4 Å². The smallest absolute Gasteiger partial charge is 0.161 e. The van der Waals surface area contributed by atoms with Crippen molar-refractivity contribution in [3.8, 4) is 22.8 Å². The lowest BCUT2D eigenvalue weighted by Crippen LogP contribution is -1.93. The molecule has 1 aromatic carbocycles. The molecule has 5 heteroatoms. The van der Waals surface area contributed by atoms with Gasteiger partial charge in [0.25, 0.3) is 0 Å². The van der Waals surface area contributed by atoms with E-state index >= 15 is 0 Å². The Kier molecular flexibility index (Phi) is 4.57. The quantitative estimate of drug-likeness (QED) is 0.707. The Hall–Kier alpha value is -2.40. The van der Waals surface area contributed by atoms with Gasteiger partial charge in [0.1, 0.15) is 0 Å². The highest BCUT2D eigenvalue weighted by Crippen LogP contribution is 2.32. The molecule has 0 saturated carbocycles. The van der Waals surface area contributed by atoms with E-state index in [4.69, 9.17) is 14.5 Å². The van der Waals surface area contributed by atoms with Crippen LogP contribution in [0, 0.1) is 6.92 Å². The minimum Gasteiger partial charge on any atom is -0.493 e. The van der Waals surface area contributed by atoms with E-state index in [9.17, 15) is 0 Å². The Morgan fingerprint density at radius 3 is 2.57 bits per heavy atom. The van der Waals surface area contributed by atoms with Gasteiger partial charge >= 0.3 is 0 Å². The fraction of sp³-hybridized carbons (Fsp3) is 0.222. The SMILES string of the molecule is COc1ccc(-c2csc(Cc3cccc(C)n3)n2)cc1OC. The number of benzene rings is 1. The van der Waals surface area contributed by atoms with Crippen molar-refractivity contribution in [1.29, 1.82) is 0 Å². The molecule has 0 spiro atoms. The third-order valence-electron chi connectivity index (χ3n) is 3.51. The Labute approximate surface area is 139 Å². The third kappa shape index (κ3) is 3.51. The second-order valence-corrected chi connectivity index (χ2v) is 6.09. The van der Waals surface area contributed by atoms with Gasteiger partial charge in [0, 0.05) is 28.8 Å². The highest BCUT2D eigenvalue weighted by atomic mass is 32.1. The van der Waals surface area contributed by atoms with Gasteiger partial charge in [-0.15, -0.1) is 11.3 Å². The summed E-state index contributed by atoms with van der Waals surface area (Å²) in [6.07, 6.45) is 0.750. The highest BCUT2D eigenvalue weighted by molar-refractivity contribution is 7.10. The molecule has 3 rings (SSSR count). The predicted octanol–water partition coefficient (Wildman–Crippen LogP) is 4.12. The van der Waals surface area contributed by atoms with Crippen LogP contribution in [0.3, 0.4) is 0 Å². The molecule has 0 unspecified atom stereocenters. The standard InChI is InChI=1S/C18H18N2O2S/c1-12-5-4-6-14(19-12)10-18-20-15(11-23-18)13-7-8-16(21-2)17(9-13)22-3/h4-9,11H,10H2,1-3H3. The first-order chi connectivity index (χ1) is 11.2. The average Bonchev–Trinajstić information content (AvgIpc) is 3.02. The summed E-state index contributed by atoms with van der Waals surface area (Å²) in [6, 6.07) is 11.9. The van der Waals surface area contributed by atoms with E-state index in [0.717, 1.165) is 39.8 Å². The van der Waals surface area contributed by atoms with Crippen molar-refractivity contribution in [2.24, 2.45) is 0 Å². The summed E-state index contributed by atoms with van der Waals surface area (Å²) >= 11 is 1.65. The number of rotatable bonds is 5. The van der Waals surface area contributed by atoms with Crippen molar-refractivity contribution in [3.05, 3.63) is 58.2 Å². The van der Waals surface area contributed by atoms with Crippen molar-refractivity contribution in [2.45, 2.75) is 13.3 Å². The maximum absolute atomic E-state index is 5.35. The van der Waals surface area contributed by atoms with Gasteiger partial charge in [-0.2, -0.15) is 0 Å². The van der Waals surface area contributed by atoms with Gasteiger partial charge < -0.3 is 9.47 Å². The number of aryl methyl sites for hydroxylation is 1. The molecule has 0 N–H and O–H groups in total. The van der Waals surface area contributed by atoms with E-state index in [1.165, 1.54) is 0 Å². The summed E-state index contributed by atoms with van der Waals surface area (Å²) in [5, 5.41) is 3.11. The minimum absolute atomic E-state index is 0.708. The molecule has 0 saturated heterocycles. The van der Waals surface area contributed by atoms with Crippen LogP contribution >= 0.6 is 11.3 Å². The summed E-state index contributed by atoms with van der Waals surface area (Å²) in [7, 11) is 3.27. The lowest BCUT2D eigenvalue weighted by atomic mass is 10.1. The summed E-state index contributed by atoms with van der Waals surface area (Å²) in [6.45, 7) is 2.00. The number of methoxy groups -OCH3 is 2. The van der Waals surface area contributed by atoms with Crippen LogP contribution in [0.15, 0.2) is 41.8 Å². The number of thiazole rings is 1. The molecular weight excluding hydrogens is 308 g/mol. The first kappa shape index (κ1) is 15.5. The number of aromatic nitrogens is 2. The molecule has 3 aromatic rings. The molecule has 0 fully saturated rings. The molecule has 2 aromatic heterocycles. The van der Waals surface area contributed by atoms with E-state index < -0.39 is 0 Å². The number of pyridine rings is 1. The van der Waals surface area contributed by atoms with Gasteiger partial charge in [-0.3, -0.25) is 4.98 Å². The Balaban J connectivity index is 1.84. The van der Waals surface area contributed by atoms with Gasteiger partial charge in [0.2, 0.25) is 0 Å². The molecule has 4 nitrogen and oxygen atoms in total. The first-order valence-corrected chi connectivity index (χ1v) is 8.17. The fourth-order valence-corrected chi connectivity index (χ4v) is 3.19. The van der Waals surface area contributed by atoms with Crippen LogP contribution in [0.5, 0.6) is 11.5 Å². The normalized spacial score (nSPS) is 10.6. The topological polar surface area (TPSA) is 44.2 Å². The fourth-order valence-electron chi connectivity index (χ4n) is 2.37. The third-order valence-corrected chi connectivity index (χ3v) is 4.36. The monoisotopic (exact) mass is 326 g/mol. The van der Waals surface area contributed by atoms with Crippen LogP contribution in [0.25, 0.3) is 11.3 Å². The van der Waals surface area contributed by atoms with Crippen LogP contribution in [0.2, 0.25) is 0 Å². The number of nitrogens with zero attached hydrogens (tertiary/aromatic N) is 2. The maximum Gasteiger partial charge on any atom is 0.161 e. The second kappa shape index (κ2) is 6.79. The van der Waals surface area contributed by atoms with E-state index in [0.29, 0.717) is 5.75 Å². The molecule has 0 bridgehead atoms. The van der Waals surface area contributed by atoms with Crippen molar-refractivity contribution in [3.63, 3.8) is 0 Å². The van der Waals surface area contributed by atoms with Crippen molar-refractivity contribution < 1.29 is 9.47 Å². The molecule has 0 aliphatic heterocycles.